The number of halogens is 1. The molecule has 0 saturated heterocycles. The van der Waals surface area contributed by atoms with E-state index in [4.69, 9.17) is 5.11 Å². The summed E-state index contributed by atoms with van der Waals surface area (Å²) in [6, 6.07) is 0. The maximum Gasteiger partial charge on any atom is 0.247 e. The number of hydrogen-bond donors (Lipinski definition) is 2. The van der Waals surface area contributed by atoms with Crippen LogP contribution in [0.4, 0.5) is 4.48 Å². The summed E-state index contributed by atoms with van der Waals surface area (Å²) in [5, 5.41) is 8.71. The van der Waals surface area contributed by atoms with Gasteiger partial charge in [0.05, 0.1) is 6.10 Å². The molecule has 0 saturated carbocycles. The number of aliphatic hydroxyl groups is 1. The Morgan fingerprint density at radius 1 is 1.80 bits per heavy atom. The molecule has 1 atom stereocenters. The highest BCUT2D eigenvalue weighted by Gasteiger charge is 2.00. The third-order valence-corrected chi connectivity index (χ3v) is 1.13. The van der Waals surface area contributed by atoms with Crippen LogP contribution in [0.1, 0.15) is 26.2 Å². The molecule has 4 heteroatoms. The van der Waals surface area contributed by atoms with E-state index < -0.39 is 12.0 Å². The van der Waals surface area contributed by atoms with Gasteiger partial charge in [-0.1, -0.05) is 0 Å². The van der Waals surface area contributed by atoms with Crippen molar-refractivity contribution >= 4 is 5.91 Å². The molecular formula is C6H12FNO2. The number of hydrogen-bond acceptors (Lipinski definition) is 2. The summed E-state index contributed by atoms with van der Waals surface area (Å²) in [5.41, 5.74) is 1.02. The predicted octanol–water partition coefficient (Wildman–Crippen LogP) is 0.538. The van der Waals surface area contributed by atoms with Crippen LogP contribution in [0.25, 0.3) is 0 Å². The maximum atomic E-state index is 11.2. The Balaban J connectivity index is 3.12. The minimum Gasteiger partial charge on any atom is -0.393 e. The summed E-state index contributed by atoms with van der Waals surface area (Å²) < 4.78 is 11.2. The first kappa shape index (κ1) is 9.36. The minimum absolute atomic E-state index is 0.140. The second kappa shape index (κ2) is 5.17. The van der Waals surface area contributed by atoms with Crippen LogP contribution in [-0.4, -0.2) is 17.1 Å². The summed E-state index contributed by atoms with van der Waals surface area (Å²) in [6.07, 6.45) is 0.787. The molecule has 60 valence electrons. The van der Waals surface area contributed by atoms with Gasteiger partial charge in [-0.25, -0.2) is 0 Å². The van der Waals surface area contributed by atoms with Crippen molar-refractivity contribution < 1.29 is 14.4 Å². The summed E-state index contributed by atoms with van der Waals surface area (Å²) >= 11 is 0. The molecule has 0 spiro atoms. The maximum absolute atomic E-state index is 11.2. The van der Waals surface area contributed by atoms with Crippen molar-refractivity contribution in [3.05, 3.63) is 0 Å². The molecule has 0 heterocycles. The fourth-order valence-electron chi connectivity index (χ4n) is 0.605. The largest absolute Gasteiger partial charge is 0.393 e. The zero-order valence-corrected chi connectivity index (χ0v) is 5.93. The first-order valence-corrected chi connectivity index (χ1v) is 3.24. The summed E-state index contributed by atoms with van der Waals surface area (Å²) in [7, 11) is 0. The lowest BCUT2D eigenvalue weighted by Gasteiger charge is -2.00. The molecule has 0 aromatic heterocycles. The number of aliphatic hydroxyl groups excluding tert-OH is 1. The van der Waals surface area contributed by atoms with Crippen LogP contribution in [-0.2, 0) is 4.79 Å². The van der Waals surface area contributed by atoms with Gasteiger partial charge in [0.2, 0.25) is 5.91 Å². The van der Waals surface area contributed by atoms with Gasteiger partial charge in [-0.2, -0.15) is 5.54 Å². The lowest BCUT2D eigenvalue weighted by atomic mass is 10.2. The molecule has 0 fully saturated rings. The molecule has 0 rings (SSSR count). The van der Waals surface area contributed by atoms with Crippen molar-refractivity contribution in [1.29, 1.82) is 0 Å². The molecule has 1 unspecified atom stereocenters. The van der Waals surface area contributed by atoms with Crippen molar-refractivity contribution in [1.82, 2.24) is 5.54 Å². The highest BCUT2D eigenvalue weighted by Crippen LogP contribution is 1.99. The molecule has 0 aliphatic rings. The van der Waals surface area contributed by atoms with E-state index in [1.54, 1.807) is 6.92 Å². The van der Waals surface area contributed by atoms with Gasteiger partial charge in [0.1, 0.15) is 0 Å². The monoisotopic (exact) mass is 149 g/mol. The van der Waals surface area contributed by atoms with Gasteiger partial charge in [0.15, 0.2) is 0 Å². The van der Waals surface area contributed by atoms with E-state index in [-0.39, 0.29) is 6.42 Å². The van der Waals surface area contributed by atoms with Crippen LogP contribution in [0.15, 0.2) is 0 Å². The summed E-state index contributed by atoms with van der Waals surface area (Å²) in [4.78, 5) is 10.2. The molecule has 0 aromatic carbocycles. The first-order valence-electron chi connectivity index (χ1n) is 3.24. The normalized spacial score (nSPS) is 12.7. The molecule has 1 amide bonds. The van der Waals surface area contributed by atoms with E-state index in [2.05, 4.69) is 0 Å². The Morgan fingerprint density at radius 3 is 2.80 bits per heavy atom. The van der Waals surface area contributed by atoms with Gasteiger partial charge in [0.25, 0.3) is 0 Å². The highest BCUT2D eigenvalue weighted by atomic mass is 19.2. The van der Waals surface area contributed by atoms with E-state index in [1.165, 1.54) is 0 Å². The molecule has 0 aromatic rings. The van der Waals surface area contributed by atoms with Crippen molar-refractivity contribution in [2.75, 3.05) is 0 Å². The minimum atomic E-state index is -0.624. The second-order valence-electron chi connectivity index (χ2n) is 2.26. The molecule has 0 radical (unpaired) electrons. The topological polar surface area (TPSA) is 49.3 Å². The first-order chi connectivity index (χ1) is 4.66. The molecule has 0 aliphatic heterocycles. The number of carbonyl (C=O) groups is 1. The number of carbonyl (C=O) groups excluding carboxylic acids is 1. The Morgan fingerprint density at radius 2 is 2.40 bits per heavy atom. The fraction of sp³-hybridized carbons (Fsp3) is 0.833. The average molecular weight is 149 g/mol. The Bertz CT molecular complexity index is 106. The van der Waals surface area contributed by atoms with E-state index in [1.807, 2.05) is 0 Å². The van der Waals surface area contributed by atoms with Crippen LogP contribution in [0, 0.1) is 0 Å². The number of amides is 1. The van der Waals surface area contributed by atoms with Crippen LogP contribution in [0.2, 0.25) is 0 Å². The Kier molecular flexibility index (Phi) is 4.84. The number of nitrogens with one attached hydrogen (secondary N) is 1. The van der Waals surface area contributed by atoms with E-state index in [9.17, 15) is 9.28 Å². The SMILES string of the molecule is CC(O)CCCC(=O)NF. The molecule has 10 heavy (non-hydrogen) atoms. The number of rotatable bonds is 4. The average Bonchev–Trinajstić information content (AvgIpc) is 1.87. The lowest BCUT2D eigenvalue weighted by Crippen LogP contribution is -2.13. The third-order valence-electron chi connectivity index (χ3n) is 1.13. The molecule has 0 bridgehead atoms. The second-order valence-corrected chi connectivity index (χ2v) is 2.26. The zero-order valence-electron chi connectivity index (χ0n) is 5.93. The van der Waals surface area contributed by atoms with Crippen LogP contribution in [0.3, 0.4) is 0 Å². The Labute approximate surface area is 59.2 Å². The fourth-order valence-corrected chi connectivity index (χ4v) is 0.605. The van der Waals surface area contributed by atoms with Gasteiger partial charge in [-0.15, -0.1) is 4.48 Å². The molecule has 0 aliphatic carbocycles. The van der Waals surface area contributed by atoms with Crippen molar-refractivity contribution in [3.63, 3.8) is 0 Å². The van der Waals surface area contributed by atoms with E-state index in [0.29, 0.717) is 12.8 Å². The van der Waals surface area contributed by atoms with Crippen LogP contribution in [0.5, 0.6) is 0 Å². The predicted molar refractivity (Wildman–Crippen MR) is 34.8 cm³/mol. The molecule has 2 N–H and O–H groups in total. The summed E-state index contributed by atoms with van der Waals surface area (Å²) in [6.45, 7) is 1.63. The van der Waals surface area contributed by atoms with Crippen molar-refractivity contribution in [3.8, 4) is 0 Å². The highest BCUT2D eigenvalue weighted by molar-refractivity contribution is 5.74. The van der Waals surface area contributed by atoms with Gasteiger partial charge in [-0.3, -0.25) is 4.79 Å². The quantitative estimate of drug-likeness (QED) is 0.573. The summed E-state index contributed by atoms with van der Waals surface area (Å²) in [5.74, 6) is -0.624. The Hall–Kier alpha value is -0.640. The van der Waals surface area contributed by atoms with Gasteiger partial charge in [-0.05, 0) is 19.8 Å². The van der Waals surface area contributed by atoms with Gasteiger partial charge >= 0.3 is 0 Å². The lowest BCUT2D eigenvalue weighted by molar-refractivity contribution is -0.125. The van der Waals surface area contributed by atoms with Crippen LogP contribution < -0.4 is 5.54 Å². The van der Waals surface area contributed by atoms with E-state index >= 15 is 0 Å². The van der Waals surface area contributed by atoms with E-state index in [0.717, 1.165) is 5.54 Å². The van der Waals surface area contributed by atoms with Gasteiger partial charge < -0.3 is 5.11 Å². The smallest absolute Gasteiger partial charge is 0.247 e. The third kappa shape index (κ3) is 5.50. The molecular weight excluding hydrogens is 137 g/mol. The van der Waals surface area contributed by atoms with Crippen molar-refractivity contribution in [2.24, 2.45) is 0 Å². The standard InChI is InChI=1S/C6H12FNO2/c1-5(9)3-2-4-6(10)8-7/h5,9H,2-4H2,1H3,(H,8,10). The zero-order chi connectivity index (χ0) is 7.98. The van der Waals surface area contributed by atoms with Crippen LogP contribution >= 0.6 is 0 Å². The molecule has 3 nitrogen and oxygen atoms in total. The van der Waals surface area contributed by atoms with Crippen molar-refractivity contribution in [2.45, 2.75) is 32.3 Å². The van der Waals surface area contributed by atoms with Gasteiger partial charge in [0, 0.05) is 6.42 Å².